The van der Waals surface area contributed by atoms with Crippen LogP contribution in [0.4, 0.5) is 11.4 Å². The van der Waals surface area contributed by atoms with E-state index in [0.717, 1.165) is 20.7 Å². The minimum Gasteiger partial charge on any atom is -0.395 e. The van der Waals surface area contributed by atoms with Crippen LogP contribution >= 0.6 is 0 Å². The van der Waals surface area contributed by atoms with E-state index in [-0.39, 0.29) is 38.2 Å². The van der Waals surface area contributed by atoms with Crippen molar-refractivity contribution in [3.63, 3.8) is 0 Å². The van der Waals surface area contributed by atoms with Crippen LogP contribution in [0, 0.1) is 0 Å². The topological polar surface area (TPSA) is 143 Å². The molecular formula is C57H68N4O8S2Si2. The van der Waals surface area contributed by atoms with Crippen molar-refractivity contribution in [2.24, 2.45) is 0 Å². The maximum absolute atomic E-state index is 13.7. The monoisotopic (exact) mass is 1060 g/mol. The van der Waals surface area contributed by atoms with Gasteiger partial charge in [0.2, 0.25) is 20.0 Å². The molecule has 12 nitrogen and oxygen atoms in total. The Hall–Kier alpha value is -5.83. The van der Waals surface area contributed by atoms with Gasteiger partial charge in [-0.15, -0.1) is 6.58 Å². The molecule has 0 spiro atoms. The van der Waals surface area contributed by atoms with Gasteiger partial charge in [-0.05, 0) is 99.2 Å². The molecule has 0 bridgehead atoms. The standard InChI is InChI=1S/C30H36N2O4SSi.C27H32N2O4SSi/c1-6-22-31(5)37(34,35)25-19-17-24(18-20-25)32-23-21-28(29(32)33)36-38(30(2,3)4,26-13-9-7-10-14-26)27-15-11-8-12-16-27;1-27(2,3)35(23-11-7-5-8-12-23,24-13-9-6-10-14-24)33-25-19-20-29(26(25)30)21-15-17-22(18-16-21)34(31,32)28-4/h6-20,28H,1,21-23H2,2-5H3;5-18,25,28H,19-20H2,1-4H3/t28-;25-/m11/s1. The second-order valence-corrected chi connectivity index (χ2v) is 32.8. The van der Waals surface area contributed by atoms with E-state index in [1.807, 2.05) is 72.8 Å². The summed E-state index contributed by atoms with van der Waals surface area (Å²) in [5.41, 5.74) is 1.33. The van der Waals surface area contributed by atoms with E-state index in [4.69, 9.17) is 8.85 Å². The summed E-state index contributed by atoms with van der Waals surface area (Å²) < 4.78 is 67.3. The quantitative estimate of drug-likeness (QED) is 0.0779. The predicted molar refractivity (Wildman–Crippen MR) is 298 cm³/mol. The van der Waals surface area contributed by atoms with Crippen LogP contribution in [0.5, 0.6) is 0 Å². The van der Waals surface area contributed by atoms with Crippen LogP contribution < -0.4 is 35.3 Å². The van der Waals surface area contributed by atoms with Gasteiger partial charge in [0.05, 0.1) is 9.79 Å². The van der Waals surface area contributed by atoms with E-state index in [9.17, 15) is 26.4 Å². The van der Waals surface area contributed by atoms with Gasteiger partial charge in [-0.3, -0.25) is 9.59 Å². The molecule has 2 fully saturated rings. The smallest absolute Gasteiger partial charge is 0.262 e. The minimum absolute atomic E-state index is 0.0952. The summed E-state index contributed by atoms with van der Waals surface area (Å²) in [5, 5.41) is 4.05. The number of hydrogen-bond donors (Lipinski definition) is 1. The molecule has 2 aliphatic rings. The Morgan fingerprint density at radius 2 is 0.877 bits per heavy atom. The highest BCUT2D eigenvalue weighted by atomic mass is 32.2. The highest BCUT2D eigenvalue weighted by Gasteiger charge is 2.55. The van der Waals surface area contributed by atoms with E-state index in [0.29, 0.717) is 37.3 Å². The van der Waals surface area contributed by atoms with Gasteiger partial charge in [0.15, 0.2) is 0 Å². The van der Waals surface area contributed by atoms with Crippen molar-refractivity contribution in [1.82, 2.24) is 9.03 Å². The first-order chi connectivity index (χ1) is 34.6. The Morgan fingerprint density at radius 3 is 1.16 bits per heavy atom. The van der Waals surface area contributed by atoms with Gasteiger partial charge < -0.3 is 18.7 Å². The Balaban J connectivity index is 0.000000214. The second kappa shape index (κ2) is 22.3. The lowest BCUT2D eigenvalue weighted by Crippen LogP contribution is -2.68. The predicted octanol–water partition coefficient (Wildman–Crippen LogP) is 7.45. The summed E-state index contributed by atoms with van der Waals surface area (Å²) in [6, 6.07) is 54.0. The van der Waals surface area contributed by atoms with Crippen molar-refractivity contribution in [2.45, 2.75) is 86.5 Å². The third kappa shape index (κ3) is 11.2. The Labute approximate surface area is 435 Å². The highest BCUT2D eigenvalue weighted by molar-refractivity contribution is 7.89. The number of carbonyl (C=O) groups excluding carboxylic acids is 2. The summed E-state index contributed by atoms with van der Waals surface area (Å²) in [6.07, 6.45) is 1.50. The van der Waals surface area contributed by atoms with Crippen LogP contribution in [0.1, 0.15) is 54.4 Å². The summed E-state index contributed by atoms with van der Waals surface area (Å²) in [4.78, 5) is 31.1. The maximum atomic E-state index is 13.7. The van der Waals surface area contributed by atoms with Crippen LogP contribution in [0.3, 0.4) is 0 Å². The lowest BCUT2D eigenvalue weighted by molar-refractivity contribution is -0.123. The first-order valence-corrected chi connectivity index (χ1v) is 31.3. The molecule has 2 amide bonds. The zero-order valence-electron chi connectivity index (χ0n) is 43.1. The van der Waals surface area contributed by atoms with E-state index in [1.54, 1.807) is 52.3 Å². The molecule has 1 N–H and O–H groups in total. The van der Waals surface area contributed by atoms with Gasteiger partial charge >= 0.3 is 0 Å². The van der Waals surface area contributed by atoms with Crippen molar-refractivity contribution >= 4 is 80.6 Å². The van der Waals surface area contributed by atoms with Gasteiger partial charge in [0, 0.05) is 38.1 Å². The third-order valence-corrected chi connectivity index (χ3v) is 27.1. The SMILES string of the molecule is C=CCN(C)S(=O)(=O)c1ccc(N2CC[C@@H](O[Si](c3ccccc3)(c3ccccc3)C(C)(C)C)C2=O)cc1.CNS(=O)(=O)c1ccc(N2CC[C@@H](O[Si](c3ccccc3)(c3ccccc3)C(C)(C)C)C2=O)cc1. The van der Waals surface area contributed by atoms with Gasteiger partial charge in [-0.2, -0.15) is 4.31 Å². The molecule has 6 aromatic carbocycles. The van der Waals surface area contributed by atoms with E-state index >= 15 is 0 Å². The van der Waals surface area contributed by atoms with E-state index in [2.05, 4.69) is 101 Å². The molecule has 0 saturated carbocycles. The molecule has 384 valence electrons. The average molecular weight is 1060 g/mol. The van der Waals surface area contributed by atoms with Gasteiger partial charge in [0.1, 0.15) is 12.2 Å². The first kappa shape index (κ1) is 54.9. The number of nitrogens with one attached hydrogen (secondary N) is 1. The lowest BCUT2D eigenvalue weighted by atomic mass is 10.2. The Kier molecular flexibility index (Phi) is 16.8. The van der Waals surface area contributed by atoms with Crippen LogP contribution in [0.25, 0.3) is 0 Å². The lowest BCUT2D eigenvalue weighted by Gasteiger charge is -2.44. The molecule has 8 rings (SSSR count). The molecule has 2 heterocycles. The normalized spacial score (nSPS) is 16.9. The van der Waals surface area contributed by atoms with Crippen LogP contribution in [0.15, 0.2) is 192 Å². The fourth-order valence-electron chi connectivity index (χ4n) is 10.0. The number of rotatable bonds is 16. The summed E-state index contributed by atoms with van der Waals surface area (Å²) in [7, 11) is -10.0. The number of anilines is 2. The van der Waals surface area contributed by atoms with Crippen molar-refractivity contribution in [1.29, 1.82) is 0 Å². The van der Waals surface area contributed by atoms with Gasteiger partial charge in [-0.25, -0.2) is 21.6 Å². The average Bonchev–Trinajstić information content (AvgIpc) is 3.94. The number of sulfonamides is 2. The van der Waals surface area contributed by atoms with E-state index < -0.39 is 48.9 Å². The number of amides is 2. The summed E-state index contributed by atoms with van der Waals surface area (Å²) in [6.45, 7) is 18.0. The van der Waals surface area contributed by atoms with E-state index in [1.165, 1.54) is 30.5 Å². The largest absolute Gasteiger partial charge is 0.395 e. The van der Waals surface area contributed by atoms with Crippen LogP contribution in [0.2, 0.25) is 10.1 Å². The Morgan fingerprint density at radius 1 is 0.562 bits per heavy atom. The van der Waals surface area contributed by atoms with Crippen molar-refractivity contribution in [3.8, 4) is 0 Å². The fourth-order valence-corrected chi connectivity index (χ4v) is 21.2. The molecule has 0 aromatic heterocycles. The number of hydrogen-bond acceptors (Lipinski definition) is 8. The molecule has 0 radical (unpaired) electrons. The zero-order chi connectivity index (χ0) is 52.8. The van der Waals surface area contributed by atoms with Crippen LogP contribution in [-0.4, -0.2) is 95.5 Å². The minimum atomic E-state index is -3.63. The third-order valence-electron chi connectivity index (χ3n) is 13.8. The molecule has 2 aliphatic heterocycles. The van der Waals surface area contributed by atoms with Crippen molar-refractivity contribution in [3.05, 3.63) is 183 Å². The van der Waals surface area contributed by atoms with Gasteiger partial charge in [-0.1, -0.05) is 169 Å². The molecular weight excluding hydrogens is 989 g/mol. The molecule has 16 heteroatoms. The summed E-state index contributed by atoms with van der Waals surface area (Å²) in [5.74, 6) is -0.195. The number of nitrogens with zero attached hydrogens (tertiary/aromatic N) is 3. The number of benzene rings is 6. The van der Waals surface area contributed by atoms with Crippen molar-refractivity contribution in [2.75, 3.05) is 43.5 Å². The summed E-state index contributed by atoms with van der Waals surface area (Å²) >= 11 is 0. The number of likely N-dealkylation sites (N-methyl/N-ethyl adjacent to an activating group) is 1. The fraction of sp³-hybridized carbons (Fsp3) is 0.298. The first-order valence-electron chi connectivity index (χ1n) is 24.5. The van der Waals surface area contributed by atoms with Gasteiger partial charge in [0.25, 0.3) is 28.4 Å². The second-order valence-electron chi connectivity index (χ2n) is 20.4. The van der Waals surface area contributed by atoms with Crippen LogP contribution in [-0.2, 0) is 38.5 Å². The molecule has 0 aliphatic carbocycles. The van der Waals surface area contributed by atoms with Crippen molar-refractivity contribution < 1.29 is 35.3 Å². The molecule has 0 unspecified atom stereocenters. The Bertz CT molecular complexity index is 2990. The molecule has 73 heavy (non-hydrogen) atoms. The molecule has 2 atom stereocenters. The highest BCUT2D eigenvalue weighted by Crippen LogP contribution is 2.41. The number of carbonyl (C=O) groups is 2. The molecule has 6 aromatic rings. The molecule has 2 saturated heterocycles. The zero-order valence-corrected chi connectivity index (χ0v) is 46.7. The maximum Gasteiger partial charge on any atom is 0.262 e.